The molecule has 0 aliphatic carbocycles. The van der Waals surface area contributed by atoms with Crippen LogP contribution >= 0.6 is 0 Å². The van der Waals surface area contributed by atoms with E-state index in [1.165, 1.54) is 6.07 Å². The van der Waals surface area contributed by atoms with E-state index in [0.29, 0.717) is 24.1 Å². The van der Waals surface area contributed by atoms with Crippen LogP contribution in [0.3, 0.4) is 0 Å². The number of amides is 1. The molecular weight excluding hydrogens is 259 g/mol. The lowest BCUT2D eigenvalue weighted by atomic mass is 9.94. The highest BCUT2D eigenvalue weighted by Gasteiger charge is 2.22. The second-order valence-corrected chi connectivity index (χ2v) is 4.86. The van der Waals surface area contributed by atoms with E-state index in [1.54, 1.807) is 19.6 Å². The number of halogens is 1. The second kappa shape index (κ2) is 5.09. The van der Waals surface area contributed by atoms with Gasteiger partial charge in [0, 0.05) is 23.2 Å². The molecule has 1 atom stereocenters. The van der Waals surface area contributed by atoms with Crippen LogP contribution in [-0.2, 0) is 11.2 Å². The van der Waals surface area contributed by atoms with Gasteiger partial charge < -0.3 is 15.1 Å². The number of nitrogens with one attached hydrogen (secondary N) is 2. The summed E-state index contributed by atoms with van der Waals surface area (Å²) in [7, 11) is 1.78. The number of carbonyl (C=O) groups excluding carboxylic acids is 1. The zero-order valence-corrected chi connectivity index (χ0v) is 11.1. The smallest absolute Gasteiger partial charge is 0.224 e. The van der Waals surface area contributed by atoms with Crippen molar-refractivity contribution in [2.24, 2.45) is 0 Å². The summed E-state index contributed by atoms with van der Waals surface area (Å²) in [6.45, 7) is 0. The minimum Gasteiger partial charge on any atom is -0.472 e. The van der Waals surface area contributed by atoms with Crippen LogP contribution in [-0.4, -0.2) is 13.0 Å². The summed E-state index contributed by atoms with van der Waals surface area (Å²) in [5, 5.41) is 5.79. The fourth-order valence-electron chi connectivity index (χ4n) is 2.58. The van der Waals surface area contributed by atoms with E-state index in [1.807, 2.05) is 12.1 Å². The summed E-state index contributed by atoms with van der Waals surface area (Å²) in [6.07, 6.45) is 4.24. The molecular formula is C15H15FN2O2. The molecule has 0 spiro atoms. The predicted molar refractivity (Wildman–Crippen MR) is 73.0 cm³/mol. The number of fused-ring (bicyclic) bond motifs is 1. The summed E-state index contributed by atoms with van der Waals surface area (Å²) < 4.78 is 19.4. The largest absolute Gasteiger partial charge is 0.472 e. The van der Waals surface area contributed by atoms with Gasteiger partial charge in [0.15, 0.2) is 0 Å². The van der Waals surface area contributed by atoms with Crippen molar-refractivity contribution in [2.75, 3.05) is 12.4 Å². The van der Waals surface area contributed by atoms with Crippen molar-refractivity contribution in [2.45, 2.75) is 18.9 Å². The van der Waals surface area contributed by atoms with Gasteiger partial charge >= 0.3 is 0 Å². The molecule has 20 heavy (non-hydrogen) atoms. The fraction of sp³-hybridized carbons (Fsp3) is 0.267. The molecule has 0 saturated heterocycles. The SMILES string of the molecule is CNC(c1ccoc1)c1cc2c(cc1F)NC(=O)CC2. The lowest BCUT2D eigenvalue weighted by Gasteiger charge is -2.21. The molecule has 5 heteroatoms. The zero-order chi connectivity index (χ0) is 14.1. The molecule has 1 amide bonds. The van der Waals surface area contributed by atoms with Gasteiger partial charge in [0.1, 0.15) is 5.82 Å². The van der Waals surface area contributed by atoms with E-state index >= 15 is 0 Å². The van der Waals surface area contributed by atoms with Crippen LogP contribution in [0.4, 0.5) is 10.1 Å². The van der Waals surface area contributed by atoms with Crippen LogP contribution in [0.25, 0.3) is 0 Å². The third-order valence-electron chi connectivity index (χ3n) is 3.59. The maximum atomic E-state index is 14.3. The molecule has 2 heterocycles. The van der Waals surface area contributed by atoms with Crippen LogP contribution in [0.1, 0.15) is 29.2 Å². The van der Waals surface area contributed by atoms with Gasteiger partial charge in [0.25, 0.3) is 0 Å². The van der Waals surface area contributed by atoms with Crippen LogP contribution in [0.5, 0.6) is 0 Å². The van der Waals surface area contributed by atoms with Crippen LogP contribution < -0.4 is 10.6 Å². The Kier molecular flexibility index (Phi) is 3.28. The quantitative estimate of drug-likeness (QED) is 0.904. The highest BCUT2D eigenvalue weighted by atomic mass is 19.1. The van der Waals surface area contributed by atoms with Crippen molar-refractivity contribution < 1.29 is 13.6 Å². The van der Waals surface area contributed by atoms with Crippen molar-refractivity contribution in [3.63, 3.8) is 0 Å². The van der Waals surface area contributed by atoms with E-state index in [0.717, 1.165) is 11.1 Å². The van der Waals surface area contributed by atoms with Gasteiger partial charge in [-0.25, -0.2) is 4.39 Å². The van der Waals surface area contributed by atoms with Gasteiger partial charge in [0.2, 0.25) is 5.91 Å². The average Bonchev–Trinajstić information content (AvgIpc) is 2.94. The molecule has 1 aliphatic rings. The van der Waals surface area contributed by atoms with Gasteiger partial charge in [-0.1, -0.05) is 0 Å². The Labute approximate surface area is 116 Å². The Balaban J connectivity index is 2.03. The third kappa shape index (κ3) is 2.20. The molecule has 1 aromatic heterocycles. The molecule has 2 N–H and O–H groups in total. The van der Waals surface area contributed by atoms with Crippen molar-refractivity contribution in [3.8, 4) is 0 Å². The summed E-state index contributed by atoms with van der Waals surface area (Å²) in [5.41, 5.74) is 2.96. The number of carbonyl (C=O) groups is 1. The van der Waals surface area contributed by atoms with Gasteiger partial charge in [0.05, 0.1) is 18.6 Å². The normalized spacial score (nSPS) is 15.6. The molecule has 0 saturated carbocycles. The summed E-state index contributed by atoms with van der Waals surface area (Å²) in [5.74, 6) is -0.406. The van der Waals surface area contributed by atoms with E-state index in [4.69, 9.17) is 4.42 Å². The van der Waals surface area contributed by atoms with Crippen LogP contribution in [0, 0.1) is 5.82 Å². The molecule has 2 aromatic rings. The summed E-state index contributed by atoms with van der Waals surface area (Å²) in [4.78, 5) is 11.3. The van der Waals surface area contributed by atoms with Gasteiger partial charge in [-0.3, -0.25) is 4.79 Å². The minimum absolute atomic E-state index is 0.0651. The van der Waals surface area contributed by atoms with E-state index in [-0.39, 0.29) is 17.8 Å². The number of furan rings is 1. The van der Waals surface area contributed by atoms with Crippen molar-refractivity contribution >= 4 is 11.6 Å². The molecule has 1 aliphatic heterocycles. The third-order valence-corrected chi connectivity index (χ3v) is 3.59. The topological polar surface area (TPSA) is 54.3 Å². The molecule has 3 rings (SSSR count). The molecule has 4 nitrogen and oxygen atoms in total. The lowest BCUT2D eigenvalue weighted by Crippen LogP contribution is -2.22. The maximum absolute atomic E-state index is 14.3. The Hall–Kier alpha value is -2.14. The first-order chi connectivity index (χ1) is 9.69. The average molecular weight is 274 g/mol. The number of aryl methyl sites for hydroxylation is 1. The highest BCUT2D eigenvalue weighted by Crippen LogP contribution is 2.31. The van der Waals surface area contributed by atoms with Gasteiger partial charge in [-0.15, -0.1) is 0 Å². The van der Waals surface area contributed by atoms with Crippen molar-refractivity contribution in [3.05, 3.63) is 53.2 Å². The standard InChI is InChI=1S/C15H15FN2O2/c1-17-15(10-4-5-20-8-10)11-6-9-2-3-14(19)18-13(9)7-12(11)16/h4-8,15,17H,2-3H2,1H3,(H,18,19). The minimum atomic E-state index is -0.341. The highest BCUT2D eigenvalue weighted by molar-refractivity contribution is 5.93. The first-order valence-electron chi connectivity index (χ1n) is 6.50. The molecule has 1 aromatic carbocycles. The molecule has 0 bridgehead atoms. The number of anilines is 1. The van der Waals surface area contributed by atoms with E-state index in [2.05, 4.69) is 10.6 Å². The monoisotopic (exact) mass is 274 g/mol. The number of hydrogen-bond acceptors (Lipinski definition) is 3. The Bertz CT molecular complexity index is 638. The van der Waals surface area contributed by atoms with E-state index < -0.39 is 0 Å². The first-order valence-corrected chi connectivity index (χ1v) is 6.50. The maximum Gasteiger partial charge on any atom is 0.224 e. The number of hydrogen-bond donors (Lipinski definition) is 2. The fourth-order valence-corrected chi connectivity index (χ4v) is 2.58. The van der Waals surface area contributed by atoms with Gasteiger partial charge in [-0.2, -0.15) is 0 Å². The van der Waals surface area contributed by atoms with Crippen molar-refractivity contribution in [1.82, 2.24) is 5.32 Å². The first kappa shape index (κ1) is 12.9. The Morgan fingerprint density at radius 2 is 2.25 bits per heavy atom. The number of benzene rings is 1. The Morgan fingerprint density at radius 1 is 1.40 bits per heavy atom. The zero-order valence-electron chi connectivity index (χ0n) is 11.1. The predicted octanol–water partition coefficient (Wildman–Crippen LogP) is 2.61. The Morgan fingerprint density at radius 3 is 2.95 bits per heavy atom. The lowest BCUT2D eigenvalue weighted by molar-refractivity contribution is -0.116. The molecule has 0 radical (unpaired) electrons. The second-order valence-electron chi connectivity index (χ2n) is 4.86. The number of rotatable bonds is 3. The van der Waals surface area contributed by atoms with Crippen LogP contribution in [0.15, 0.2) is 35.1 Å². The summed E-state index contributed by atoms with van der Waals surface area (Å²) >= 11 is 0. The summed E-state index contributed by atoms with van der Waals surface area (Å²) in [6, 6.07) is 4.75. The van der Waals surface area contributed by atoms with Crippen LogP contribution in [0.2, 0.25) is 0 Å². The molecule has 0 fully saturated rings. The van der Waals surface area contributed by atoms with E-state index in [9.17, 15) is 9.18 Å². The molecule has 104 valence electrons. The van der Waals surface area contributed by atoms with Gasteiger partial charge in [-0.05, 0) is 37.2 Å². The molecule has 1 unspecified atom stereocenters. The van der Waals surface area contributed by atoms with Crippen molar-refractivity contribution in [1.29, 1.82) is 0 Å².